The van der Waals surface area contributed by atoms with Gasteiger partial charge < -0.3 is 16.8 Å². The van der Waals surface area contributed by atoms with Crippen LogP contribution >= 0.6 is 0 Å². The van der Waals surface area contributed by atoms with Crippen molar-refractivity contribution in [2.45, 2.75) is 57.0 Å². The Kier molecular flexibility index (Phi) is 3.57. The Labute approximate surface area is 95.9 Å². The van der Waals surface area contributed by atoms with Crippen LogP contribution in [0.25, 0.3) is 0 Å². The number of primary amides is 1. The molecule has 1 rings (SSSR count). The second-order valence-electron chi connectivity index (χ2n) is 5.47. The minimum atomic E-state index is -0.594. The van der Waals surface area contributed by atoms with Gasteiger partial charge in [-0.1, -0.05) is 0 Å². The molecule has 5 N–H and O–H groups in total. The van der Waals surface area contributed by atoms with Gasteiger partial charge in [0.15, 0.2) is 0 Å². The van der Waals surface area contributed by atoms with Gasteiger partial charge in [0.25, 0.3) is 0 Å². The van der Waals surface area contributed by atoms with Gasteiger partial charge in [-0.25, -0.2) is 0 Å². The van der Waals surface area contributed by atoms with Crippen LogP contribution in [0.2, 0.25) is 0 Å². The summed E-state index contributed by atoms with van der Waals surface area (Å²) >= 11 is 0. The van der Waals surface area contributed by atoms with E-state index in [4.69, 9.17) is 11.5 Å². The summed E-state index contributed by atoms with van der Waals surface area (Å²) in [6, 6.07) is 0. The van der Waals surface area contributed by atoms with Crippen LogP contribution in [-0.2, 0) is 9.59 Å². The lowest BCUT2D eigenvalue weighted by Gasteiger charge is -2.38. The number of nitrogens with one attached hydrogen (secondary N) is 1. The first kappa shape index (κ1) is 13.0. The average Bonchev–Trinajstić information content (AvgIpc) is 1.96. The van der Waals surface area contributed by atoms with Crippen LogP contribution in [0, 0.1) is 0 Å². The molecule has 0 aromatic rings. The van der Waals surface area contributed by atoms with Gasteiger partial charge in [0.1, 0.15) is 0 Å². The molecular formula is C11H21N3O2. The molecule has 1 saturated carbocycles. The van der Waals surface area contributed by atoms with Crippen molar-refractivity contribution < 1.29 is 9.59 Å². The summed E-state index contributed by atoms with van der Waals surface area (Å²) in [7, 11) is 0. The highest BCUT2D eigenvalue weighted by Gasteiger charge is 2.35. The van der Waals surface area contributed by atoms with Crippen molar-refractivity contribution in [1.29, 1.82) is 0 Å². The van der Waals surface area contributed by atoms with Gasteiger partial charge in [0.2, 0.25) is 11.8 Å². The lowest BCUT2D eigenvalue weighted by molar-refractivity contribution is -0.125. The van der Waals surface area contributed by atoms with Crippen LogP contribution < -0.4 is 16.8 Å². The Morgan fingerprint density at radius 1 is 1.38 bits per heavy atom. The molecular weight excluding hydrogens is 206 g/mol. The van der Waals surface area contributed by atoms with Crippen molar-refractivity contribution in [3.8, 4) is 0 Å². The number of carbonyl (C=O) groups excluding carboxylic acids is 2. The lowest BCUT2D eigenvalue weighted by atomic mass is 9.75. The minimum Gasteiger partial charge on any atom is -0.370 e. The molecule has 0 unspecified atom stereocenters. The number of amides is 2. The van der Waals surface area contributed by atoms with Crippen LogP contribution in [0.1, 0.15) is 46.0 Å². The summed E-state index contributed by atoms with van der Waals surface area (Å²) in [6.07, 6.45) is 3.35. The molecule has 0 aromatic carbocycles. The standard InChI is InChI=1S/C11H21N3O2/c1-10(2,6-8(12)15)14-9(16)7-11(13)4-3-5-11/h3-7,13H2,1-2H3,(H2,12,15)(H,14,16). The molecule has 2 amide bonds. The van der Waals surface area contributed by atoms with Crippen LogP contribution in [0.5, 0.6) is 0 Å². The zero-order valence-corrected chi connectivity index (χ0v) is 10.0. The topological polar surface area (TPSA) is 98.2 Å². The quantitative estimate of drug-likeness (QED) is 0.618. The first-order valence-electron chi connectivity index (χ1n) is 5.61. The second kappa shape index (κ2) is 4.41. The Morgan fingerprint density at radius 3 is 2.31 bits per heavy atom. The van der Waals surface area contributed by atoms with Crippen molar-refractivity contribution in [1.82, 2.24) is 5.32 Å². The predicted molar refractivity (Wildman–Crippen MR) is 61.4 cm³/mol. The maximum atomic E-state index is 11.7. The Bertz CT molecular complexity index is 296. The average molecular weight is 227 g/mol. The van der Waals surface area contributed by atoms with Crippen molar-refractivity contribution in [3.63, 3.8) is 0 Å². The van der Waals surface area contributed by atoms with Gasteiger partial charge >= 0.3 is 0 Å². The Morgan fingerprint density at radius 2 is 1.94 bits per heavy atom. The summed E-state index contributed by atoms with van der Waals surface area (Å²) in [5.41, 5.74) is 10.2. The summed E-state index contributed by atoms with van der Waals surface area (Å²) < 4.78 is 0. The van der Waals surface area contributed by atoms with E-state index in [1.54, 1.807) is 13.8 Å². The first-order valence-corrected chi connectivity index (χ1v) is 5.61. The van der Waals surface area contributed by atoms with E-state index in [1.165, 1.54) is 0 Å². The molecule has 0 aromatic heterocycles. The molecule has 0 aliphatic heterocycles. The highest BCUT2D eigenvalue weighted by molar-refractivity contribution is 5.80. The summed E-state index contributed by atoms with van der Waals surface area (Å²) in [4.78, 5) is 22.5. The smallest absolute Gasteiger partial charge is 0.222 e. The van der Waals surface area contributed by atoms with E-state index < -0.39 is 11.4 Å². The van der Waals surface area contributed by atoms with E-state index in [0.29, 0.717) is 6.42 Å². The van der Waals surface area contributed by atoms with Crippen LogP contribution in [-0.4, -0.2) is 22.9 Å². The monoisotopic (exact) mass is 227 g/mol. The Balaban J connectivity index is 2.41. The zero-order valence-electron chi connectivity index (χ0n) is 10.0. The molecule has 0 atom stereocenters. The minimum absolute atomic E-state index is 0.103. The summed E-state index contributed by atoms with van der Waals surface area (Å²) in [5, 5.41) is 2.79. The van der Waals surface area contributed by atoms with E-state index in [0.717, 1.165) is 19.3 Å². The van der Waals surface area contributed by atoms with E-state index in [1.807, 2.05) is 0 Å². The van der Waals surface area contributed by atoms with Crippen LogP contribution in [0.3, 0.4) is 0 Å². The summed E-state index contributed by atoms with van der Waals surface area (Å²) in [5.74, 6) is -0.523. The number of hydrogen-bond acceptors (Lipinski definition) is 3. The first-order chi connectivity index (χ1) is 7.22. The van der Waals surface area contributed by atoms with Crippen LogP contribution in [0.4, 0.5) is 0 Å². The number of hydrogen-bond donors (Lipinski definition) is 3. The fourth-order valence-corrected chi connectivity index (χ4v) is 2.03. The van der Waals surface area contributed by atoms with E-state index >= 15 is 0 Å². The normalized spacial score (nSPS) is 18.7. The van der Waals surface area contributed by atoms with Gasteiger partial charge in [-0.05, 0) is 33.1 Å². The number of rotatable bonds is 5. The van der Waals surface area contributed by atoms with E-state index in [9.17, 15) is 9.59 Å². The molecule has 0 radical (unpaired) electrons. The fraction of sp³-hybridized carbons (Fsp3) is 0.818. The zero-order chi connectivity index (χ0) is 12.4. The molecule has 5 nitrogen and oxygen atoms in total. The predicted octanol–water partition coefficient (Wildman–Crippen LogP) is 0.0281. The van der Waals surface area contributed by atoms with Gasteiger partial charge in [-0.3, -0.25) is 9.59 Å². The van der Waals surface area contributed by atoms with Crippen molar-refractivity contribution in [2.24, 2.45) is 11.5 Å². The molecule has 16 heavy (non-hydrogen) atoms. The molecule has 92 valence electrons. The Hall–Kier alpha value is -1.10. The van der Waals surface area contributed by atoms with E-state index in [-0.39, 0.29) is 17.9 Å². The molecule has 0 spiro atoms. The highest BCUT2D eigenvalue weighted by Crippen LogP contribution is 2.32. The number of nitrogens with two attached hydrogens (primary N) is 2. The van der Waals surface area contributed by atoms with Gasteiger partial charge in [0, 0.05) is 23.9 Å². The largest absolute Gasteiger partial charge is 0.370 e. The number of carbonyl (C=O) groups is 2. The fourth-order valence-electron chi connectivity index (χ4n) is 2.03. The van der Waals surface area contributed by atoms with Gasteiger partial charge in [-0.2, -0.15) is 0 Å². The maximum absolute atomic E-state index is 11.7. The van der Waals surface area contributed by atoms with Crippen LogP contribution in [0.15, 0.2) is 0 Å². The molecule has 0 bridgehead atoms. The molecule has 1 aliphatic carbocycles. The van der Waals surface area contributed by atoms with Crippen molar-refractivity contribution >= 4 is 11.8 Å². The van der Waals surface area contributed by atoms with Crippen molar-refractivity contribution in [3.05, 3.63) is 0 Å². The van der Waals surface area contributed by atoms with Gasteiger partial charge in [0.05, 0.1) is 0 Å². The third-order valence-electron chi connectivity index (χ3n) is 2.96. The van der Waals surface area contributed by atoms with E-state index in [2.05, 4.69) is 5.32 Å². The lowest BCUT2D eigenvalue weighted by Crippen LogP contribution is -2.53. The molecule has 1 aliphatic rings. The van der Waals surface area contributed by atoms with Crippen molar-refractivity contribution in [2.75, 3.05) is 0 Å². The second-order valence-corrected chi connectivity index (χ2v) is 5.47. The molecule has 5 heteroatoms. The molecule has 1 fully saturated rings. The maximum Gasteiger partial charge on any atom is 0.222 e. The highest BCUT2D eigenvalue weighted by atomic mass is 16.2. The third kappa shape index (κ3) is 3.81. The SMILES string of the molecule is CC(C)(CC(N)=O)NC(=O)CC1(N)CCC1. The third-order valence-corrected chi connectivity index (χ3v) is 2.96. The molecule has 0 heterocycles. The van der Waals surface area contributed by atoms with Gasteiger partial charge in [-0.15, -0.1) is 0 Å². The summed E-state index contributed by atoms with van der Waals surface area (Å²) in [6.45, 7) is 3.55. The molecule has 0 saturated heterocycles.